The number of rotatable bonds is 3. The number of nitrogens with zero attached hydrogens (tertiary/aromatic N) is 1. The van der Waals surface area contributed by atoms with E-state index in [0.717, 1.165) is 42.7 Å². The number of benzene rings is 1. The van der Waals surface area contributed by atoms with E-state index in [0.29, 0.717) is 0 Å². The van der Waals surface area contributed by atoms with Crippen molar-refractivity contribution in [2.45, 2.75) is 56.9 Å². The molecule has 1 saturated heterocycles. The summed E-state index contributed by atoms with van der Waals surface area (Å²) in [4.78, 5) is 0.927. The highest BCUT2D eigenvalue weighted by atomic mass is 32.2. The predicted molar refractivity (Wildman–Crippen MR) is 84.6 cm³/mol. The van der Waals surface area contributed by atoms with E-state index in [-0.39, 0.29) is 6.04 Å². The Morgan fingerprint density at radius 2 is 2.15 bits per heavy atom. The van der Waals surface area contributed by atoms with Gasteiger partial charge < -0.3 is 0 Å². The summed E-state index contributed by atoms with van der Waals surface area (Å²) in [7, 11) is -1.09. The molecule has 1 aliphatic rings. The third-order valence-corrected chi connectivity index (χ3v) is 5.29. The first-order valence-electron chi connectivity index (χ1n) is 7.46. The van der Waals surface area contributed by atoms with Crippen LogP contribution in [0.4, 0.5) is 0 Å². The minimum absolute atomic E-state index is 0.149. The van der Waals surface area contributed by atoms with Crippen LogP contribution in [0.15, 0.2) is 29.2 Å². The average Bonchev–Trinajstić information content (AvgIpc) is 2.48. The highest BCUT2D eigenvalue weighted by Gasteiger charge is 2.26. The van der Waals surface area contributed by atoms with Crippen LogP contribution in [0.5, 0.6) is 0 Å². The molecular weight excluding hydrogens is 266 g/mol. The number of piperidine rings is 1. The summed E-state index contributed by atoms with van der Waals surface area (Å²) in [5, 5.41) is 0. The topological polar surface area (TPSA) is 20.3 Å². The maximum Gasteiger partial charge on any atom is 0.129 e. The lowest BCUT2D eigenvalue weighted by Crippen LogP contribution is -2.40. The first-order chi connectivity index (χ1) is 9.74. The van der Waals surface area contributed by atoms with Crippen molar-refractivity contribution in [2.24, 2.45) is 0 Å². The molecule has 0 saturated carbocycles. The molecular formula is C17H23NOS. The van der Waals surface area contributed by atoms with Crippen molar-refractivity contribution in [3.63, 3.8) is 0 Å². The van der Waals surface area contributed by atoms with Gasteiger partial charge in [0, 0.05) is 13.0 Å². The summed E-state index contributed by atoms with van der Waals surface area (Å²) in [5.74, 6) is 6.56. The van der Waals surface area contributed by atoms with Crippen molar-refractivity contribution < 1.29 is 4.21 Å². The fourth-order valence-corrected chi connectivity index (χ4v) is 3.92. The average molecular weight is 289 g/mol. The Kier molecular flexibility index (Phi) is 5.82. The van der Waals surface area contributed by atoms with Gasteiger partial charge in [-0.05, 0) is 44.2 Å². The van der Waals surface area contributed by atoms with Crippen LogP contribution in [-0.4, -0.2) is 21.1 Å². The molecule has 1 fully saturated rings. The normalized spacial score (nSPS) is 21.0. The van der Waals surface area contributed by atoms with Crippen molar-refractivity contribution in [2.75, 3.05) is 6.54 Å². The van der Waals surface area contributed by atoms with E-state index in [2.05, 4.69) is 23.1 Å². The molecule has 0 amide bonds. The van der Waals surface area contributed by atoms with E-state index in [1.165, 1.54) is 6.42 Å². The zero-order chi connectivity index (χ0) is 14.4. The van der Waals surface area contributed by atoms with E-state index < -0.39 is 11.0 Å². The van der Waals surface area contributed by atoms with Gasteiger partial charge in [-0.3, -0.25) is 0 Å². The molecule has 2 nitrogen and oxygen atoms in total. The lowest BCUT2D eigenvalue weighted by molar-refractivity contribution is 0.314. The standard InChI is InChI=1S/C17H23NOS/c1-3-4-5-11-16-12-8-9-14-18(16)20(19)17-13-7-6-10-15(17)2/h6-7,10,13,16H,3-4,8-9,12,14H2,1-2H3/t16-,20+/m1/s1. The Bertz CT molecular complexity index is 529. The lowest BCUT2D eigenvalue weighted by atomic mass is 10.1. The van der Waals surface area contributed by atoms with E-state index >= 15 is 0 Å². The molecule has 1 heterocycles. The summed E-state index contributed by atoms with van der Waals surface area (Å²) in [6, 6.07) is 8.09. The van der Waals surface area contributed by atoms with Gasteiger partial charge in [-0.2, -0.15) is 0 Å². The van der Waals surface area contributed by atoms with Gasteiger partial charge in [0.1, 0.15) is 11.0 Å². The van der Waals surface area contributed by atoms with Crippen molar-refractivity contribution in [1.82, 2.24) is 4.31 Å². The summed E-state index contributed by atoms with van der Waals surface area (Å²) in [5.41, 5.74) is 1.09. The van der Waals surface area contributed by atoms with Crippen molar-refractivity contribution in [3.05, 3.63) is 29.8 Å². The van der Waals surface area contributed by atoms with Gasteiger partial charge in [-0.1, -0.05) is 31.0 Å². The van der Waals surface area contributed by atoms with E-state index in [1.54, 1.807) is 0 Å². The molecule has 2 atom stereocenters. The number of unbranched alkanes of at least 4 members (excludes halogenated alkanes) is 1. The zero-order valence-electron chi connectivity index (χ0n) is 12.4. The van der Waals surface area contributed by atoms with Crippen molar-refractivity contribution in [3.8, 4) is 11.8 Å². The van der Waals surface area contributed by atoms with Crippen LogP contribution in [0.3, 0.4) is 0 Å². The van der Waals surface area contributed by atoms with Crippen LogP contribution < -0.4 is 0 Å². The van der Waals surface area contributed by atoms with Crippen LogP contribution in [0.1, 0.15) is 44.6 Å². The Morgan fingerprint density at radius 1 is 1.35 bits per heavy atom. The Morgan fingerprint density at radius 3 is 2.90 bits per heavy atom. The van der Waals surface area contributed by atoms with E-state index in [9.17, 15) is 4.21 Å². The van der Waals surface area contributed by atoms with Crippen LogP contribution in [0.2, 0.25) is 0 Å². The van der Waals surface area contributed by atoms with Crippen molar-refractivity contribution in [1.29, 1.82) is 0 Å². The summed E-state index contributed by atoms with van der Waals surface area (Å²) >= 11 is 0. The highest BCUT2D eigenvalue weighted by Crippen LogP contribution is 2.23. The van der Waals surface area contributed by atoms with Gasteiger partial charge in [0.15, 0.2) is 0 Å². The Balaban J connectivity index is 2.18. The fraction of sp³-hybridized carbons (Fsp3) is 0.529. The van der Waals surface area contributed by atoms with Gasteiger partial charge in [-0.25, -0.2) is 8.51 Å². The SMILES string of the molecule is CCCC#C[C@@H]1CCCCN1[S@@](=O)c1ccccc1C. The van der Waals surface area contributed by atoms with Gasteiger partial charge in [0.25, 0.3) is 0 Å². The molecule has 0 aliphatic carbocycles. The lowest BCUT2D eigenvalue weighted by Gasteiger charge is -2.31. The van der Waals surface area contributed by atoms with E-state index in [4.69, 9.17) is 0 Å². The molecule has 2 rings (SSSR count). The van der Waals surface area contributed by atoms with Gasteiger partial charge in [0.2, 0.25) is 0 Å². The molecule has 1 aromatic rings. The molecule has 20 heavy (non-hydrogen) atoms. The molecule has 3 heteroatoms. The minimum atomic E-state index is -1.09. The van der Waals surface area contributed by atoms with Gasteiger partial charge in [0.05, 0.1) is 10.9 Å². The number of aryl methyl sites for hydroxylation is 1. The second-order valence-corrected chi connectivity index (χ2v) is 6.65. The first kappa shape index (κ1) is 15.3. The molecule has 1 aliphatic heterocycles. The number of hydrogen-bond donors (Lipinski definition) is 0. The summed E-state index contributed by atoms with van der Waals surface area (Å²) in [6.07, 6.45) is 5.35. The van der Waals surface area contributed by atoms with Crippen LogP contribution in [-0.2, 0) is 11.0 Å². The minimum Gasteiger partial charge on any atom is -0.237 e. The van der Waals surface area contributed by atoms with E-state index in [1.807, 2.05) is 31.2 Å². The maximum absolute atomic E-state index is 12.8. The summed E-state index contributed by atoms with van der Waals surface area (Å²) in [6.45, 7) is 5.04. The third-order valence-electron chi connectivity index (χ3n) is 3.59. The molecule has 0 spiro atoms. The molecule has 1 aromatic carbocycles. The van der Waals surface area contributed by atoms with Crippen molar-refractivity contribution >= 4 is 11.0 Å². The zero-order valence-corrected chi connectivity index (χ0v) is 13.2. The molecule has 0 unspecified atom stereocenters. The third kappa shape index (κ3) is 3.71. The molecule has 0 N–H and O–H groups in total. The Labute approximate surface area is 125 Å². The monoisotopic (exact) mass is 289 g/mol. The second kappa shape index (κ2) is 7.61. The molecule has 0 bridgehead atoms. The smallest absolute Gasteiger partial charge is 0.129 e. The summed E-state index contributed by atoms with van der Waals surface area (Å²) < 4.78 is 14.9. The predicted octanol–water partition coefficient (Wildman–Crippen LogP) is 3.68. The van der Waals surface area contributed by atoms with Crippen LogP contribution in [0.25, 0.3) is 0 Å². The fourth-order valence-electron chi connectivity index (χ4n) is 2.44. The van der Waals surface area contributed by atoms with Gasteiger partial charge >= 0.3 is 0 Å². The van der Waals surface area contributed by atoms with Crippen LogP contribution in [0, 0.1) is 18.8 Å². The largest absolute Gasteiger partial charge is 0.237 e. The quantitative estimate of drug-likeness (QED) is 0.777. The first-order valence-corrected chi connectivity index (χ1v) is 8.57. The molecule has 0 radical (unpaired) electrons. The molecule has 108 valence electrons. The molecule has 0 aromatic heterocycles. The van der Waals surface area contributed by atoms with Crippen LogP contribution >= 0.6 is 0 Å². The second-order valence-electron chi connectivity index (χ2n) is 5.24. The van der Waals surface area contributed by atoms with Gasteiger partial charge in [-0.15, -0.1) is 5.92 Å². The Hall–Kier alpha value is -1.11. The highest BCUT2D eigenvalue weighted by molar-refractivity contribution is 7.82. The number of hydrogen-bond acceptors (Lipinski definition) is 1. The maximum atomic E-state index is 12.8.